The number of rotatable bonds is 2. The third-order valence-corrected chi connectivity index (χ3v) is 3.48. The van der Waals surface area contributed by atoms with Crippen LogP contribution in [0.2, 0.25) is 0 Å². The number of ether oxygens (including phenoxy) is 1. The molecule has 0 fully saturated rings. The van der Waals surface area contributed by atoms with Crippen molar-refractivity contribution in [3.63, 3.8) is 0 Å². The van der Waals surface area contributed by atoms with Gasteiger partial charge in [-0.25, -0.2) is 0 Å². The first kappa shape index (κ1) is 14.6. The van der Waals surface area contributed by atoms with E-state index in [2.05, 4.69) is 48.8 Å². The van der Waals surface area contributed by atoms with E-state index in [0.717, 1.165) is 10.2 Å². The largest absolute Gasteiger partial charge is 0.456 e. The summed E-state index contributed by atoms with van der Waals surface area (Å²) in [5.74, 6) is 1.32. The molecule has 3 heteroatoms. The molecule has 0 amide bonds. The molecule has 0 bridgehead atoms. The van der Waals surface area contributed by atoms with Crippen LogP contribution in [0.25, 0.3) is 0 Å². The Morgan fingerprint density at radius 2 is 1.85 bits per heavy atom. The van der Waals surface area contributed by atoms with E-state index in [0.29, 0.717) is 11.3 Å². The van der Waals surface area contributed by atoms with Crippen molar-refractivity contribution in [3.05, 3.63) is 58.1 Å². The zero-order chi connectivity index (χ0) is 14.8. The molecule has 0 N–H and O–H groups in total. The Balaban J connectivity index is 2.34. The maximum absolute atomic E-state index is 9.15. The fourth-order valence-corrected chi connectivity index (χ4v) is 2.19. The van der Waals surface area contributed by atoms with Crippen molar-refractivity contribution >= 4 is 15.9 Å². The van der Waals surface area contributed by atoms with Crippen LogP contribution in [0, 0.1) is 11.3 Å². The van der Waals surface area contributed by atoms with E-state index < -0.39 is 0 Å². The van der Waals surface area contributed by atoms with Gasteiger partial charge in [0.15, 0.2) is 0 Å². The van der Waals surface area contributed by atoms with E-state index in [-0.39, 0.29) is 5.41 Å². The molecule has 0 atom stereocenters. The molecule has 0 unspecified atom stereocenters. The summed E-state index contributed by atoms with van der Waals surface area (Å²) in [6.45, 7) is 6.48. The van der Waals surface area contributed by atoms with E-state index in [1.165, 1.54) is 5.56 Å². The van der Waals surface area contributed by atoms with Crippen molar-refractivity contribution in [1.29, 1.82) is 5.26 Å². The van der Waals surface area contributed by atoms with Gasteiger partial charge in [0, 0.05) is 4.47 Å². The lowest BCUT2D eigenvalue weighted by atomic mass is 9.87. The highest BCUT2D eigenvalue weighted by Crippen LogP contribution is 2.30. The van der Waals surface area contributed by atoms with Crippen molar-refractivity contribution in [1.82, 2.24) is 0 Å². The molecular formula is C17H16BrNO. The summed E-state index contributed by atoms with van der Waals surface area (Å²) in [7, 11) is 0. The molecule has 0 aliphatic rings. The van der Waals surface area contributed by atoms with Crippen LogP contribution in [0.1, 0.15) is 31.9 Å². The summed E-state index contributed by atoms with van der Waals surface area (Å²) in [5, 5.41) is 9.15. The van der Waals surface area contributed by atoms with Gasteiger partial charge < -0.3 is 4.74 Å². The first-order chi connectivity index (χ1) is 9.40. The molecule has 0 saturated carbocycles. The van der Waals surface area contributed by atoms with Gasteiger partial charge in [0.2, 0.25) is 0 Å². The minimum Gasteiger partial charge on any atom is -0.456 e. The Bertz CT molecular complexity index is 665. The Hall–Kier alpha value is -1.79. The third-order valence-electron chi connectivity index (χ3n) is 2.99. The van der Waals surface area contributed by atoms with Gasteiger partial charge in [-0.15, -0.1) is 0 Å². The van der Waals surface area contributed by atoms with Crippen molar-refractivity contribution in [2.45, 2.75) is 26.2 Å². The van der Waals surface area contributed by atoms with Crippen LogP contribution in [-0.2, 0) is 5.41 Å². The monoisotopic (exact) mass is 329 g/mol. The van der Waals surface area contributed by atoms with Gasteiger partial charge in [0.05, 0.1) is 5.56 Å². The number of nitrogens with zero attached hydrogens (tertiary/aromatic N) is 1. The zero-order valence-corrected chi connectivity index (χ0v) is 13.4. The molecule has 0 heterocycles. The second-order valence-corrected chi connectivity index (χ2v) is 6.55. The van der Waals surface area contributed by atoms with Crippen LogP contribution < -0.4 is 4.74 Å². The van der Waals surface area contributed by atoms with Gasteiger partial charge in [0.1, 0.15) is 17.6 Å². The second kappa shape index (κ2) is 5.68. The summed E-state index contributed by atoms with van der Waals surface area (Å²) in [4.78, 5) is 0. The summed E-state index contributed by atoms with van der Waals surface area (Å²) >= 11 is 3.35. The topological polar surface area (TPSA) is 33.0 Å². The minimum atomic E-state index is 0.0666. The smallest absolute Gasteiger partial charge is 0.145 e. The van der Waals surface area contributed by atoms with E-state index >= 15 is 0 Å². The highest BCUT2D eigenvalue weighted by atomic mass is 79.9. The Morgan fingerprint density at radius 3 is 2.50 bits per heavy atom. The zero-order valence-electron chi connectivity index (χ0n) is 11.8. The molecule has 0 saturated heterocycles. The SMILES string of the molecule is CC(C)(C)c1cccc(Oc2ccc(Br)cc2C#N)c1. The molecule has 0 aliphatic heterocycles. The second-order valence-electron chi connectivity index (χ2n) is 5.63. The van der Waals surface area contributed by atoms with E-state index in [4.69, 9.17) is 10.00 Å². The number of hydrogen-bond acceptors (Lipinski definition) is 2. The lowest BCUT2D eigenvalue weighted by molar-refractivity contribution is 0.477. The van der Waals surface area contributed by atoms with Gasteiger partial charge in [-0.05, 0) is 41.3 Å². The molecule has 2 nitrogen and oxygen atoms in total. The van der Waals surface area contributed by atoms with Crippen LogP contribution in [0.3, 0.4) is 0 Å². The molecule has 102 valence electrons. The van der Waals surface area contributed by atoms with Crippen molar-refractivity contribution < 1.29 is 4.74 Å². The highest BCUT2D eigenvalue weighted by Gasteiger charge is 2.14. The number of benzene rings is 2. The Labute approximate surface area is 128 Å². The van der Waals surface area contributed by atoms with Gasteiger partial charge in [-0.3, -0.25) is 0 Å². The molecule has 0 aromatic heterocycles. The third kappa shape index (κ3) is 3.40. The normalized spacial score (nSPS) is 10.9. The van der Waals surface area contributed by atoms with Crippen LogP contribution in [-0.4, -0.2) is 0 Å². The average molecular weight is 330 g/mol. The van der Waals surface area contributed by atoms with Gasteiger partial charge >= 0.3 is 0 Å². The van der Waals surface area contributed by atoms with Gasteiger partial charge in [-0.2, -0.15) is 5.26 Å². The number of halogens is 1. The molecule has 20 heavy (non-hydrogen) atoms. The quantitative estimate of drug-likeness (QED) is 0.737. The molecule has 2 rings (SSSR count). The van der Waals surface area contributed by atoms with Crippen molar-refractivity contribution in [2.75, 3.05) is 0 Å². The van der Waals surface area contributed by atoms with Gasteiger partial charge in [0.25, 0.3) is 0 Å². The first-order valence-electron chi connectivity index (χ1n) is 6.38. The van der Waals surface area contributed by atoms with Crippen molar-refractivity contribution in [3.8, 4) is 17.6 Å². The molecule has 2 aromatic rings. The molecule has 2 aromatic carbocycles. The van der Waals surface area contributed by atoms with Crippen LogP contribution in [0.4, 0.5) is 0 Å². The summed E-state index contributed by atoms with van der Waals surface area (Å²) in [5.41, 5.74) is 1.78. The molecular weight excluding hydrogens is 314 g/mol. The van der Waals surface area contributed by atoms with Crippen LogP contribution in [0.15, 0.2) is 46.9 Å². The van der Waals surface area contributed by atoms with E-state index in [1.54, 1.807) is 12.1 Å². The maximum atomic E-state index is 9.15. The average Bonchev–Trinajstić information content (AvgIpc) is 2.40. The predicted octanol–water partition coefficient (Wildman–Crippen LogP) is 5.41. The fourth-order valence-electron chi connectivity index (χ4n) is 1.83. The predicted molar refractivity (Wildman–Crippen MR) is 84.1 cm³/mol. The minimum absolute atomic E-state index is 0.0666. The standard InChI is InChI=1S/C17H16BrNO/c1-17(2,3)13-5-4-6-15(10-13)20-16-8-7-14(18)9-12(16)11-19/h4-10H,1-3H3. The summed E-state index contributed by atoms with van der Waals surface area (Å²) < 4.78 is 6.71. The Morgan fingerprint density at radius 1 is 1.10 bits per heavy atom. The number of nitriles is 1. The Kier molecular flexibility index (Phi) is 4.15. The fraction of sp³-hybridized carbons (Fsp3) is 0.235. The lowest BCUT2D eigenvalue weighted by Crippen LogP contribution is -2.10. The van der Waals surface area contributed by atoms with E-state index in [1.807, 2.05) is 24.3 Å². The molecule has 0 spiro atoms. The van der Waals surface area contributed by atoms with E-state index in [9.17, 15) is 0 Å². The van der Waals surface area contributed by atoms with Crippen molar-refractivity contribution in [2.24, 2.45) is 0 Å². The first-order valence-corrected chi connectivity index (χ1v) is 7.17. The van der Waals surface area contributed by atoms with Crippen LogP contribution >= 0.6 is 15.9 Å². The van der Waals surface area contributed by atoms with Crippen LogP contribution in [0.5, 0.6) is 11.5 Å². The highest BCUT2D eigenvalue weighted by molar-refractivity contribution is 9.10. The summed E-state index contributed by atoms with van der Waals surface area (Å²) in [6, 6.07) is 15.5. The lowest BCUT2D eigenvalue weighted by Gasteiger charge is -2.19. The van der Waals surface area contributed by atoms with Gasteiger partial charge in [-0.1, -0.05) is 48.8 Å². The number of hydrogen-bond donors (Lipinski definition) is 0. The summed E-state index contributed by atoms with van der Waals surface area (Å²) in [6.07, 6.45) is 0. The molecule has 0 radical (unpaired) electrons. The molecule has 0 aliphatic carbocycles. The maximum Gasteiger partial charge on any atom is 0.145 e.